The molecule has 188 valence electrons. The molecule has 0 aliphatic rings. The normalized spacial score (nSPS) is 12.9. The zero-order chi connectivity index (χ0) is 25.5. The molecule has 5 nitrogen and oxygen atoms in total. The van der Waals surface area contributed by atoms with E-state index in [1.54, 1.807) is 0 Å². The average molecular weight is 486 g/mol. The molecule has 0 spiro atoms. The van der Waals surface area contributed by atoms with Crippen molar-refractivity contribution < 1.29 is 8.42 Å². The number of sulfonamides is 1. The Bertz CT molecular complexity index is 1030. The molecule has 6 heteroatoms. The fourth-order valence-corrected chi connectivity index (χ4v) is 5.59. The maximum atomic E-state index is 13.7. The van der Waals surface area contributed by atoms with E-state index < -0.39 is 10.0 Å². The summed E-state index contributed by atoms with van der Waals surface area (Å²) in [5.41, 5.74) is 4.54. The van der Waals surface area contributed by atoms with Gasteiger partial charge < -0.3 is 4.90 Å². The van der Waals surface area contributed by atoms with Crippen LogP contribution < -0.4 is 4.83 Å². The van der Waals surface area contributed by atoms with Crippen LogP contribution in [0.2, 0.25) is 0 Å². The second-order valence-corrected chi connectivity index (χ2v) is 11.4. The van der Waals surface area contributed by atoms with Crippen LogP contribution in [0.25, 0.3) is 0 Å². The van der Waals surface area contributed by atoms with E-state index in [4.69, 9.17) is 0 Å². The number of nitrogens with zero attached hydrogens (tertiary/aromatic N) is 2. The maximum absolute atomic E-state index is 13.7. The molecular weight excluding hydrogens is 442 g/mol. The summed E-state index contributed by atoms with van der Waals surface area (Å²) in [6, 6.07) is 13.9. The van der Waals surface area contributed by atoms with Gasteiger partial charge in [0.25, 0.3) is 10.0 Å². The molecule has 1 N–H and O–H groups in total. The van der Waals surface area contributed by atoms with Crippen molar-refractivity contribution in [2.24, 2.45) is 5.10 Å². The predicted molar refractivity (Wildman–Crippen MR) is 144 cm³/mol. The molecule has 2 rings (SSSR count). The maximum Gasteiger partial charge on any atom is 0.277 e. The number of hydrazone groups is 1. The van der Waals surface area contributed by atoms with Crippen LogP contribution >= 0.6 is 0 Å². The van der Waals surface area contributed by atoms with E-state index in [0.29, 0.717) is 17.2 Å². The van der Waals surface area contributed by atoms with E-state index in [0.717, 1.165) is 42.0 Å². The lowest BCUT2D eigenvalue weighted by molar-refractivity contribution is 0.313. The summed E-state index contributed by atoms with van der Waals surface area (Å²) in [6.07, 6.45) is 0.661. The van der Waals surface area contributed by atoms with Crippen molar-refractivity contribution in [3.8, 4) is 0 Å². The van der Waals surface area contributed by atoms with Gasteiger partial charge in [-0.25, -0.2) is 0 Å². The molecule has 0 saturated heterocycles. The van der Waals surface area contributed by atoms with Gasteiger partial charge in [0.05, 0.1) is 10.6 Å². The Kier molecular flexibility index (Phi) is 10.3. The van der Waals surface area contributed by atoms with Gasteiger partial charge in [-0.2, -0.15) is 18.4 Å². The van der Waals surface area contributed by atoms with E-state index in [9.17, 15) is 8.42 Å². The molecule has 34 heavy (non-hydrogen) atoms. The monoisotopic (exact) mass is 485 g/mol. The minimum Gasteiger partial charge on any atom is -0.303 e. The third-order valence-corrected chi connectivity index (χ3v) is 7.66. The molecule has 2 aromatic carbocycles. The van der Waals surface area contributed by atoms with Crippen LogP contribution in [0.5, 0.6) is 0 Å². The number of rotatable bonds is 12. The number of hydrogen-bond acceptors (Lipinski definition) is 4. The summed E-state index contributed by atoms with van der Waals surface area (Å²) >= 11 is 0. The molecule has 0 amide bonds. The van der Waals surface area contributed by atoms with Gasteiger partial charge in [-0.15, -0.1) is 0 Å². The van der Waals surface area contributed by atoms with Crippen LogP contribution in [0.4, 0.5) is 0 Å². The third-order valence-electron chi connectivity index (χ3n) is 6.32. The first-order valence-electron chi connectivity index (χ1n) is 12.6. The Hall–Kier alpha value is -2.18. The van der Waals surface area contributed by atoms with Gasteiger partial charge in [-0.05, 0) is 53.1 Å². The summed E-state index contributed by atoms with van der Waals surface area (Å²) in [6.45, 7) is 19.4. The van der Waals surface area contributed by atoms with E-state index in [1.807, 2.05) is 58.0 Å². The Morgan fingerprint density at radius 1 is 0.882 bits per heavy atom. The van der Waals surface area contributed by atoms with Crippen LogP contribution in [0, 0.1) is 0 Å². The first-order chi connectivity index (χ1) is 16.0. The minimum atomic E-state index is -3.86. The number of benzene rings is 2. The van der Waals surface area contributed by atoms with E-state index in [-0.39, 0.29) is 11.8 Å². The molecule has 0 fully saturated rings. The molecule has 0 aliphatic carbocycles. The first kappa shape index (κ1) is 28.1. The first-order valence-corrected chi connectivity index (χ1v) is 14.0. The van der Waals surface area contributed by atoms with Crippen LogP contribution in [-0.4, -0.2) is 38.7 Å². The Morgan fingerprint density at radius 3 is 1.85 bits per heavy atom. The van der Waals surface area contributed by atoms with Crippen LogP contribution in [0.3, 0.4) is 0 Å². The van der Waals surface area contributed by atoms with Gasteiger partial charge in [0, 0.05) is 13.0 Å². The molecule has 0 unspecified atom stereocenters. The van der Waals surface area contributed by atoms with Gasteiger partial charge in [0.1, 0.15) is 0 Å². The highest BCUT2D eigenvalue weighted by Gasteiger charge is 2.27. The number of nitrogens with one attached hydrogen (secondary N) is 1. The SMILES string of the molecule is CCN(CC)CCC(=NNS(=O)(=O)c1c(C(C)C)cc(C(C)C)cc1C(C)C)c1ccccc1. The molecule has 0 aliphatic heterocycles. The van der Waals surface area contributed by atoms with Crippen molar-refractivity contribution in [3.63, 3.8) is 0 Å². The molecule has 0 heterocycles. The van der Waals surface area contributed by atoms with Crippen molar-refractivity contribution in [2.45, 2.75) is 84.5 Å². The van der Waals surface area contributed by atoms with Crippen molar-refractivity contribution in [3.05, 3.63) is 64.7 Å². The highest BCUT2D eigenvalue weighted by atomic mass is 32.2. The summed E-state index contributed by atoms with van der Waals surface area (Å²) in [5.74, 6) is 0.466. The highest BCUT2D eigenvalue weighted by Crippen LogP contribution is 2.35. The fourth-order valence-electron chi connectivity index (χ4n) is 4.06. The van der Waals surface area contributed by atoms with Gasteiger partial charge in [0.2, 0.25) is 0 Å². The lowest BCUT2D eigenvalue weighted by Gasteiger charge is -2.22. The van der Waals surface area contributed by atoms with Gasteiger partial charge in [-0.3, -0.25) is 0 Å². The lowest BCUT2D eigenvalue weighted by Crippen LogP contribution is -2.28. The van der Waals surface area contributed by atoms with E-state index >= 15 is 0 Å². The van der Waals surface area contributed by atoms with Crippen LogP contribution in [-0.2, 0) is 10.0 Å². The van der Waals surface area contributed by atoms with Gasteiger partial charge in [-0.1, -0.05) is 97.9 Å². The average Bonchev–Trinajstić information content (AvgIpc) is 2.80. The second-order valence-electron chi connectivity index (χ2n) is 9.79. The smallest absolute Gasteiger partial charge is 0.277 e. The summed E-state index contributed by atoms with van der Waals surface area (Å²) < 4.78 is 27.4. The third kappa shape index (κ3) is 7.16. The summed E-state index contributed by atoms with van der Waals surface area (Å²) in [4.78, 5) is 5.30. The Balaban J connectivity index is 2.55. The number of hydrogen-bond donors (Lipinski definition) is 1. The molecule has 0 atom stereocenters. The Labute approximate surface area is 207 Å². The molecule has 0 radical (unpaired) electrons. The predicted octanol–water partition coefficient (Wildman–Crippen LogP) is 6.47. The quantitative estimate of drug-likeness (QED) is 0.277. The van der Waals surface area contributed by atoms with Crippen molar-refractivity contribution in [1.29, 1.82) is 0 Å². The minimum absolute atomic E-state index is 0.0722. The summed E-state index contributed by atoms with van der Waals surface area (Å²) in [5, 5.41) is 4.49. The zero-order valence-corrected chi connectivity index (χ0v) is 23.0. The topological polar surface area (TPSA) is 61.8 Å². The molecule has 0 aromatic heterocycles. The van der Waals surface area contributed by atoms with Crippen molar-refractivity contribution in [2.75, 3.05) is 19.6 Å². The standard InChI is InChI=1S/C28H43N3O2S/c1-9-31(10-2)17-16-27(23-14-12-11-13-15-23)29-30-34(32,33)28-25(21(5)6)18-24(20(3)4)19-26(28)22(7)8/h11-15,18-22,30H,9-10,16-17H2,1-8H3. The van der Waals surface area contributed by atoms with Crippen LogP contribution in [0.15, 0.2) is 52.5 Å². The second kappa shape index (κ2) is 12.5. The molecular formula is C28H43N3O2S. The molecule has 0 bridgehead atoms. The van der Waals surface area contributed by atoms with Crippen molar-refractivity contribution in [1.82, 2.24) is 9.73 Å². The molecule has 2 aromatic rings. The highest BCUT2D eigenvalue weighted by molar-refractivity contribution is 7.89. The van der Waals surface area contributed by atoms with E-state index in [2.05, 4.69) is 54.7 Å². The summed E-state index contributed by atoms with van der Waals surface area (Å²) in [7, 11) is -3.86. The zero-order valence-electron chi connectivity index (χ0n) is 22.2. The molecule has 0 saturated carbocycles. The fraction of sp³-hybridized carbons (Fsp3) is 0.536. The van der Waals surface area contributed by atoms with Gasteiger partial charge in [0.15, 0.2) is 0 Å². The van der Waals surface area contributed by atoms with Gasteiger partial charge >= 0.3 is 0 Å². The Morgan fingerprint density at radius 2 is 1.41 bits per heavy atom. The van der Waals surface area contributed by atoms with Crippen LogP contribution in [0.1, 0.15) is 102 Å². The largest absolute Gasteiger partial charge is 0.303 e. The lowest BCUT2D eigenvalue weighted by atomic mass is 9.89. The van der Waals surface area contributed by atoms with Crippen molar-refractivity contribution >= 4 is 15.7 Å². The van der Waals surface area contributed by atoms with E-state index in [1.165, 1.54) is 5.56 Å².